The van der Waals surface area contributed by atoms with Gasteiger partial charge >= 0.3 is 0 Å². The predicted octanol–water partition coefficient (Wildman–Crippen LogP) is 2.55. The molecule has 0 aromatic heterocycles. The second kappa shape index (κ2) is 13.3. The van der Waals surface area contributed by atoms with Crippen LogP contribution in [0.1, 0.15) is 32.8 Å². The maximum Gasteiger partial charge on any atom is 0.191 e. The maximum atomic E-state index is 5.92. The van der Waals surface area contributed by atoms with Crippen LogP contribution in [0.2, 0.25) is 0 Å². The Balaban J connectivity index is 1.78. The van der Waals surface area contributed by atoms with Crippen LogP contribution in [-0.4, -0.2) is 77.1 Å². The highest BCUT2D eigenvalue weighted by molar-refractivity contribution is 5.79. The van der Waals surface area contributed by atoms with Crippen molar-refractivity contribution in [2.75, 3.05) is 60.1 Å². The fourth-order valence-electron chi connectivity index (χ4n) is 3.64. The van der Waals surface area contributed by atoms with Gasteiger partial charge in [-0.05, 0) is 43.4 Å². The zero-order chi connectivity index (χ0) is 21.8. The predicted molar refractivity (Wildman–Crippen MR) is 123 cm³/mol. The van der Waals surface area contributed by atoms with Crippen molar-refractivity contribution in [3.63, 3.8) is 0 Å². The van der Waals surface area contributed by atoms with Gasteiger partial charge in [-0.1, -0.05) is 19.9 Å². The van der Waals surface area contributed by atoms with E-state index in [0.29, 0.717) is 12.5 Å². The van der Waals surface area contributed by atoms with Gasteiger partial charge in [0.1, 0.15) is 0 Å². The van der Waals surface area contributed by atoms with Crippen molar-refractivity contribution in [1.82, 2.24) is 15.5 Å². The summed E-state index contributed by atoms with van der Waals surface area (Å²) in [6.45, 7) is 12.9. The van der Waals surface area contributed by atoms with E-state index in [9.17, 15) is 0 Å². The van der Waals surface area contributed by atoms with E-state index < -0.39 is 0 Å². The third kappa shape index (κ3) is 8.40. The Kier molecular flexibility index (Phi) is 10.8. The third-order valence-corrected chi connectivity index (χ3v) is 5.03. The van der Waals surface area contributed by atoms with E-state index in [1.807, 2.05) is 12.1 Å². The number of rotatable bonds is 11. The highest BCUT2D eigenvalue weighted by atomic mass is 16.5. The van der Waals surface area contributed by atoms with Crippen LogP contribution in [0.15, 0.2) is 23.2 Å². The molecule has 0 bridgehead atoms. The number of aliphatic imine (C=N–C) groups is 1. The number of aryl methyl sites for hydroxylation is 1. The molecule has 1 saturated heterocycles. The van der Waals surface area contributed by atoms with Crippen LogP contribution in [0.25, 0.3) is 0 Å². The van der Waals surface area contributed by atoms with Crippen molar-refractivity contribution in [3.05, 3.63) is 23.8 Å². The topological polar surface area (TPSA) is 67.4 Å². The Morgan fingerprint density at radius 1 is 1.23 bits per heavy atom. The van der Waals surface area contributed by atoms with E-state index in [2.05, 4.69) is 42.4 Å². The fourth-order valence-corrected chi connectivity index (χ4v) is 3.64. The zero-order valence-corrected chi connectivity index (χ0v) is 19.4. The molecule has 1 aromatic rings. The average Bonchev–Trinajstić information content (AvgIpc) is 2.74. The molecular weight excluding hydrogens is 380 g/mol. The largest absolute Gasteiger partial charge is 0.493 e. The number of methoxy groups -OCH3 is 2. The van der Waals surface area contributed by atoms with Gasteiger partial charge in [-0.2, -0.15) is 0 Å². The summed E-state index contributed by atoms with van der Waals surface area (Å²) >= 11 is 0. The molecule has 0 saturated carbocycles. The number of ether oxygens (including phenoxy) is 3. The molecule has 30 heavy (non-hydrogen) atoms. The monoisotopic (exact) mass is 420 g/mol. The van der Waals surface area contributed by atoms with E-state index in [1.54, 1.807) is 14.2 Å². The van der Waals surface area contributed by atoms with Crippen LogP contribution in [0.4, 0.5) is 0 Å². The van der Waals surface area contributed by atoms with Gasteiger partial charge in [-0.25, -0.2) is 0 Å². The van der Waals surface area contributed by atoms with Crippen LogP contribution in [0, 0.1) is 5.92 Å². The number of guanidine groups is 1. The molecule has 0 aliphatic carbocycles. The van der Waals surface area contributed by atoms with Crippen LogP contribution in [0.3, 0.4) is 0 Å². The first kappa shape index (κ1) is 24.3. The SMILES string of the molecule is CCNC(=NCC1CN(CC(C)C)CCO1)NCCCc1ccc(OC)c(OC)c1. The van der Waals surface area contributed by atoms with Crippen molar-refractivity contribution in [3.8, 4) is 11.5 Å². The lowest BCUT2D eigenvalue weighted by molar-refractivity contribution is -0.0261. The highest BCUT2D eigenvalue weighted by Crippen LogP contribution is 2.27. The van der Waals surface area contributed by atoms with Crippen molar-refractivity contribution in [2.24, 2.45) is 10.9 Å². The molecule has 170 valence electrons. The Bertz CT molecular complexity index is 651. The summed E-state index contributed by atoms with van der Waals surface area (Å²) in [5.74, 6) is 3.07. The summed E-state index contributed by atoms with van der Waals surface area (Å²) in [7, 11) is 3.32. The number of hydrogen-bond acceptors (Lipinski definition) is 5. The molecule has 1 atom stereocenters. The number of nitrogens with zero attached hydrogens (tertiary/aromatic N) is 2. The number of morpholine rings is 1. The quantitative estimate of drug-likeness (QED) is 0.326. The van der Waals surface area contributed by atoms with E-state index in [0.717, 1.165) is 69.6 Å². The minimum Gasteiger partial charge on any atom is -0.493 e. The van der Waals surface area contributed by atoms with E-state index in [1.165, 1.54) is 5.56 Å². The number of hydrogen-bond donors (Lipinski definition) is 2. The van der Waals surface area contributed by atoms with Crippen molar-refractivity contribution < 1.29 is 14.2 Å². The van der Waals surface area contributed by atoms with Gasteiger partial charge in [-0.3, -0.25) is 9.89 Å². The summed E-state index contributed by atoms with van der Waals surface area (Å²) in [6, 6.07) is 6.09. The van der Waals surface area contributed by atoms with Crippen molar-refractivity contribution in [2.45, 2.75) is 39.7 Å². The summed E-state index contributed by atoms with van der Waals surface area (Å²) in [5, 5.41) is 6.77. The highest BCUT2D eigenvalue weighted by Gasteiger charge is 2.20. The van der Waals surface area contributed by atoms with Crippen LogP contribution < -0.4 is 20.1 Å². The standard InChI is InChI=1S/C23H40N4O3/c1-6-24-23(26-15-20-17-27(12-13-30-20)16-18(2)3)25-11-7-8-19-9-10-21(28-4)22(14-19)29-5/h9-10,14,18,20H,6-8,11-13,15-17H2,1-5H3,(H2,24,25,26). The molecule has 1 aliphatic heterocycles. The maximum absolute atomic E-state index is 5.92. The first-order chi connectivity index (χ1) is 14.5. The lowest BCUT2D eigenvalue weighted by Crippen LogP contribution is -2.46. The van der Waals surface area contributed by atoms with Crippen molar-refractivity contribution in [1.29, 1.82) is 0 Å². The Hall–Kier alpha value is -1.99. The Morgan fingerprint density at radius 3 is 2.73 bits per heavy atom. The molecule has 2 rings (SSSR count). The van der Waals surface area contributed by atoms with Gasteiger partial charge in [0.15, 0.2) is 17.5 Å². The third-order valence-electron chi connectivity index (χ3n) is 5.03. The molecule has 7 heteroatoms. The van der Waals surface area contributed by atoms with Gasteiger partial charge in [0.25, 0.3) is 0 Å². The second-order valence-electron chi connectivity index (χ2n) is 8.09. The first-order valence-corrected chi connectivity index (χ1v) is 11.1. The van der Waals surface area contributed by atoms with Crippen LogP contribution >= 0.6 is 0 Å². The van der Waals surface area contributed by atoms with Crippen molar-refractivity contribution >= 4 is 5.96 Å². The van der Waals surface area contributed by atoms with Gasteiger partial charge < -0.3 is 24.8 Å². The number of benzene rings is 1. The molecule has 0 spiro atoms. The minimum absolute atomic E-state index is 0.166. The molecule has 0 amide bonds. The van der Waals surface area contributed by atoms with Crippen LogP contribution in [-0.2, 0) is 11.2 Å². The molecule has 1 aliphatic rings. The molecular formula is C23H40N4O3. The molecule has 7 nitrogen and oxygen atoms in total. The molecule has 2 N–H and O–H groups in total. The van der Waals surface area contributed by atoms with Gasteiger partial charge in [0, 0.05) is 32.7 Å². The molecule has 1 heterocycles. The smallest absolute Gasteiger partial charge is 0.191 e. The fraction of sp³-hybridized carbons (Fsp3) is 0.696. The van der Waals surface area contributed by atoms with Gasteiger partial charge in [-0.15, -0.1) is 0 Å². The lowest BCUT2D eigenvalue weighted by atomic mass is 10.1. The molecule has 1 aromatic carbocycles. The van der Waals surface area contributed by atoms with Gasteiger partial charge in [0.2, 0.25) is 0 Å². The second-order valence-corrected chi connectivity index (χ2v) is 8.09. The van der Waals surface area contributed by atoms with Crippen LogP contribution in [0.5, 0.6) is 11.5 Å². The summed E-state index contributed by atoms with van der Waals surface area (Å²) < 4.78 is 16.6. The molecule has 1 unspecified atom stereocenters. The first-order valence-electron chi connectivity index (χ1n) is 11.1. The number of nitrogens with one attached hydrogen (secondary N) is 2. The average molecular weight is 421 g/mol. The molecule has 1 fully saturated rings. The lowest BCUT2D eigenvalue weighted by Gasteiger charge is -2.33. The van der Waals surface area contributed by atoms with E-state index in [-0.39, 0.29) is 6.10 Å². The normalized spacial score (nSPS) is 17.8. The Morgan fingerprint density at radius 2 is 2.03 bits per heavy atom. The summed E-state index contributed by atoms with van der Waals surface area (Å²) in [6.07, 6.45) is 2.13. The van der Waals surface area contributed by atoms with Gasteiger partial charge in [0.05, 0.1) is 33.5 Å². The van der Waals surface area contributed by atoms with E-state index >= 15 is 0 Å². The summed E-state index contributed by atoms with van der Waals surface area (Å²) in [4.78, 5) is 7.24. The Labute approximate surface area is 182 Å². The summed E-state index contributed by atoms with van der Waals surface area (Å²) in [5.41, 5.74) is 1.23. The zero-order valence-electron chi connectivity index (χ0n) is 19.4. The molecule has 0 radical (unpaired) electrons. The van der Waals surface area contributed by atoms with E-state index in [4.69, 9.17) is 19.2 Å². The minimum atomic E-state index is 0.166.